The van der Waals surface area contributed by atoms with Crippen molar-refractivity contribution in [2.24, 2.45) is 0 Å². The van der Waals surface area contributed by atoms with Crippen LogP contribution in [0.5, 0.6) is 0 Å². The maximum Gasteiger partial charge on any atom is 0.147 e. The van der Waals surface area contributed by atoms with Gasteiger partial charge in [0.2, 0.25) is 0 Å². The van der Waals surface area contributed by atoms with E-state index in [4.69, 9.17) is 29.2 Å². The lowest BCUT2D eigenvalue weighted by atomic mass is 10.2. The third-order valence-electron chi connectivity index (χ3n) is 4.61. The largest absolute Gasteiger partial charge is 0.380 e. The monoisotopic (exact) mass is 484 g/mol. The zero-order valence-corrected chi connectivity index (χ0v) is 21.0. The van der Waals surface area contributed by atoms with Crippen molar-refractivity contribution in [1.29, 1.82) is 0 Å². The smallest absolute Gasteiger partial charge is 0.147 e. The predicted octanol–water partition coefficient (Wildman–Crippen LogP) is 6.09. The zero-order valence-electron chi connectivity index (χ0n) is 16.1. The van der Waals surface area contributed by atoms with Crippen LogP contribution in [-0.4, -0.2) is 69.3 Å². The molecule has 9 heteroatoms. The van der Waals surface area contributed by atoms with E-state index in [0.717, 1.165) is 59.5 Å². The molecule has 0 bridgehead atoms. The average Bonchev–Trinajstić information content (AvgIpc) is 3.11. The van der Waals surface area contributed by atoms with Gasteiger partial charge in [0.1, 0.15) is 8.64 Å². The lowest BCUT2D eigenvalue weighted by Crippen LogP contribution is -2.27. The lowest BCUT2D eigenvalue weighted by Gasteiger charge is -2.22. The molecule has 0 aromatic rings. The van der Waals surface area contributed by atoms with Crippen LogP contribution in [0.2, 0.25) is 0 Å². The van der Waals surface area contributed by atoms with Gasteiger partial charge in [-0.15, -0.1) is 0 Å². The van der Waals surface area contributed by atoms with Gasteiger partial charge in [-0.25, -0.2) is 0 Å². The molecular weight excluding hydrogens is 453 g/mol. The number of hydrogen-bond acceptors (Lipinski definition) is 7. The zero-order chi connectivity index (χ0) is 19.2. The molecule has 2 heterocycles. The summed E-state index contributed by atoms with van der Waals surface area (Å²) in [7, 11) is 7.13. The highest BCUT2D eigenvalue weighted by molar-refractivity contribution is 8.84. The van der Waals surface area contributed by atoms with Crippen molar-refractivity contribution in [3.63, 3.8) is 0 Å². The molecular formula is C18H32N2OS6. The van der Waals surface area contributed by atoms with Crippen LogP contribution in [0.3, 0.4) is 0 Å². The van der Waals surface area contributed by atoms with Crippen molar-refractivity contribution in [1.82, 2.24) is 9.80 Å². The van der Waals surface area contributed by atoms with Crippen molar-refractivity contribution in [3.05, 3.63) is 0 Å². The summed E-state index contributed by atoms with van der Waals surface area (Å²) in [5.41, 5.74) is 0. The van der Waals surface area contributed by atoms with E-state index in [9.17, 15) is 0 Å². The van der Waals surface area contributed by atoms with Crippen LogP contribution < -0.4 is 0 Å². The van der Waals surface area contributed by atoms with E-state index in [0.29, 0.717) is 0 Å². The molecule has 0 spiro atoms. The topological polar surface area (TPSA) is 15.7 Å². The van der Waals surface area contributed by atoms with Crippen LogP contribution in [0, 0.1) is 0 Å². The minimum Gasteiger partial charge on any atom is -0.380 e. The van der Waals surface area contributed by atoms with Crippen LogP contribution in [-0.2, 0) is 4.74 Å². The first-order valence-electron chi connectivity index (χ1n) is 10.0. The van der Waals surface area contributed by atoms with Gasteiger partial charge in [0, 0.05) is 37.7 Å². The molecule has 3 nitrogen and oxygen atoms in total. The molecule has 0 radical (unpaired) electrons. The molecule has 0 atom stereocenters. The van der Waals surface area contributed by atoms with E-state index in [1.165, 1.54) is 51.4 Å². The highest BCUT2D eigenvalue weighted by Gasteiger charge is 2.14. The Morgan fingerprint density at radius 3 is 1.37 bits per heavy atom. The van der Waals surface area contributed by atoms with Crippen molar-refractivity contribution >= 4 is 76.3 Å². The second-order valence-electron chi connectivity index (χ2n) is 6.76. The molecule has 0 aliphatic carbocycles. The predicted molar refractivity (Wildman–Crippen MR) is 136 cm³/mol. The highest BCUT2D eigenvalue weighted by atomic mass is 33.1. The Morgan fingerprint density at radius 2 is 1.00 bits per heavy atom. The third kappa shape index (κ3) is 11.2. The van der Waals surface area contributed by atoms with Crippen molar-refractivity contribution in [2.75, 3.05) is 50.9 Å². The number of thiocarbonyl (C=S) groups is 2. The normalized spacial score (nSPS) is 18.8. The Bertz CT molecular complexity index is 386. The molecule has 2 saturated heterocycles. The van der Waals surface area contributed by atoms with E-state index in [1.807, 2.05) is 21.6 Å². The second-order valence-corrected chi connectivity index (χ2v) is 12.9. The fourth-order valence-electron chi connectivity index (χ4n) is 3.08. The van der Waals surface area contributed by atoms with Gasteiger partial charge in [0.25, 0.3) is 0 Å². The van der Waals surface area contributed by atoms with Gasteiger partial charge >= 0.3 is 0 Å². The van der Waals surface area contributed by atoms with Crippen molar-refractivity contribution in [3.8, 4) is 0 Å². The van der Waals surface area contributed by atoms with E-state index >= 15 is 0 Å². The number of hydrogen-bond donors (Lipinski definition) is 0. The van der Waals surface area contributed by atoms with E-state index < -0.39 is 0 Å². The first-order valence-corrected chi connectivity index (χ1v) is 15.5. The molecule has 0 amide bonds. The number of nitrogens with zero attached hydrogens (tertiary/aromatic N) is 2. The van der Waals surface area contributed by atoms with Crippen LogP contribution in [0.4, 0.5) is 0 Å². The molecule has 27 heavy (non-hydrogen) atoms. The molecule has 0 N–H and O–H groups in total. The summed E-state index contributed by atoms with van der Waals surface area (Å²) in [4.78, 5) is 4.75. The summed E-state index contributed by atoms with van der Waals surface area (Å²) in [6, 6.07) is 0. The molecule has 0 saturated carbocycles. The standard InChI is InChI=1S/C18H32N2OS6/c22-17(19-9-5-1-2-6-10-19)26-24-15-13-21-14-16-25-27-18(23)20-11-7-3-4-8-12-20/h1-16H2. The second kappa shape index (κ2) is 15.9. The fourth-order valence-corrected chi connectivity index (χ4v) is 7.78. The SMILES string of the molecule is S=C(SSCCOCCSSC(=S)N1CCCCCC1)N1CCCCCC1. The van der Waals surface area contributed by atoms with Crippen LogP contribution >= 0.6 is 67.6 Å². The Labute approximate surface area is 192 Å². The Balaban J connectivity index is 1.40. The molecule has 0 aromatic heterocycles. The molecule has 2 rings (SSSR count). The molecule has 0 aromatic carbocycles. The van der Waals surface area contributed by atoms with Crippen molar-refractivity contribution in [2.45, 2.75) is 51.4 Å². The number of ether oxygens (including phenoxy) is 1. The number of rotatable bonds is 8. The lowest BCUT2D eigenvalue weighted by molar-refractivity contribution is 0.167. The summed E-state index contributed by atoms with van der Waals surface area (Å²) in [6.07, 6.45) is 10.5. The Hall–Kier alpha value is 1.14. The minimum atomic E-state index is 0.794. The van der Waals surface area contributed by atoms with E-state index in [-0.39, 0.29) is 0 Å². The maximum atomic E-state index is 5.75. The first kappa shape index (κ1) is 24.4. The number of likely N-dealkylation sites (tertiary alicyclic amines) is 2. The summed E-state index contributed by atoms with van der Waals surface area (Å²) in [5.74, 6) is 1.98. The van der Waals surface area contributed by atoms with Crippen molar-refractivity contribution < 1.29 is 4.74 Å². The van der Waals surface area contributed by atoms with E-state index in [2.05, 4.69) is 9.80 Å². The van der Waals surface area contributed by atoms with Crippen LogP contribution in [0.15, 0.2) is 0 Å². The van der Waals surface area contributed by atoms with Crippen LogP contribution in [0.25, 0.3) is 0 Å². The summed E-state index contributed by atoms with van der Waals surface area (Å²) < 4.78 is 7.85. The quantitative estimate of drug-likeness (QED) is 0.229. The molecule has 2 fully saturated rings. The van der Waals surface area contributed by atoms with Gasteiger partial charge in [0.15, 0.2) is 0 Å². The van der Waals surface area contributed by atoms with Crippen LogP contribution in [0.1, 0.15) is 51.4 Å². The Kier molecular flexibility index (Phi) is 14.4. The first-order chi connectivity index (χ1) is 13.3. The van der Waals surface area contributed by atoms with Gasteiger partial charge in [-0.3, -0.25) is 0 Å². The van der Waals surface area contributed by atoms with Gasteiger partial charge in [-0.05, 0) is 47.3 Å². The minimum absolute atomic E-state index is 0.794. The summed E-state index contributed by atoms with van der Waals surface area (Å²) >= 11 is 11.1. The summed E-state index contributed by atoms with van der Waals surface area (Å²) in [6.45, 7) is 6.13. The van der Waals surface area contributed by atoms with E-state index in [1.54, 1.807) is 21.6 Å². The van der Waals surface area contributed by atoms with Gasteiger partial charge in [0.05, 0.1) is 13.2 Å². The van der Waals surface area contributed by atoms with Gasteiger partial charge in [-0.2, -0.15) is 0 Å². The molecule has 2 aliphatic heterocycles. The molecule has 0 unspecified atom stereocenters. The summed E-state index contributed by atoms with van der Waals surface area (Å²) in [5, 5.41) is 0. The molecule has 2 aliphatic rings. The maximum absolute atomic E-state index is 5.75. The van der Waals surface area contributed by atoms with Gasteiger partial charge in [-0.1, -0.05) is 71.7 Å². The molecule has 156 valence electrons. The fraction of sp³-hybridized carbons (Fsp3) is 0.889. The third-order valence-corrected chi connectivity index (χ3v) is 10.6. The Morgan fingerprint density at radius 1 is 0.630 bits per heavy atom. The van der Waals surface area contributed by atoms with Gasteiger partial charge < -0.3 is 14.5 Å². The highest BCUT2D eigenvalue weighted by Crippen LogP contribution is 2.28. The average molecular weight is 485 g/mol.